The summed E-state index contributed by atoms with van der Waals surface area (Å²) < 4.78 is 36.4. The van der Waals surface area contributed by atoms with Gasteiger partial charge >= 0.3 is 5.51 Å². The molecule has 22 heavy (non-hydrogen) atoms. The first-order valence-corrected chi connectivity index (χ1v) is 8.06. The molecule has 1 aliphatic carbocycles. The largest absolute Gasteiger partial charge is 0.441 e. The molecule has 1 saturated carbocycles. The van der Waals surface area contributed by atoms with Crippen LogP contribution in [0, 0.1) is 0 Å². The predicted octanol–water partition coefficient (Wildman–Crippen LogP) is 2.30. The van der Waals surface area contributed by atoms with Crippen molar-refractivity contribution in [2.24, 2.45) is 0 Å². The molecule has 2 aliphatic rings. The van der Waals surface area contributed by atoms with E-state index in [-0.39, 0.29) is 35.9 Å². The number of carbonyl (C=O) groups excluding carboxylic acids is 1. The standard InChI is InChI=1S/C13H15F3N4OS/c14-13(15,16)22-6-5-17-11-8-3-4-18-12(21)9(8)19-10(20-11)7-1-2-7/h7H,1-6H2,(H,18,21)(H,17,19,20). The molecule has 1 amide bonds. The van der Waals surface area contributed by atoms with Gasteiger partial charge in [-0.25, -0.2) is 9.97 Å². The first-order chi connectivity index (χ1) is 10.4. The van der Waals surface area contributed by atoms with Crippen LogP contribution in [-0.2, 0) is 6.42 Å². The lowest BCUT2D eigenvalue weighted by Gasteiger charge is -2.20. The van der Waals surface area contributed by atoms with Crippen molar-refractivity contribution in [2.75, 3.05) is 24.2 Å². The molecule has 0 aromatic carbocycles. The summed E-state index contributed by atoms with van der Waals surface area (Å²) in [5, 5.41) is 5.67. The minimum Gasteiger partial charge on any atom is -0.369 e. The number of carbonyl (C=O) groups is 1. The van der Waals surface area contributed by atoms with Crippen LogP contribution < -0.4 is 10.6 Å². The minimum absolute atomic E-state index is 0.0716. The number of thioether (sulfide) groups is 1. The number of hydrogen-bond acceptors (Lipinski definition) is 5. The van der Waals surface area contributed by atoms with Crippen molar-refractivity contribution in [3.05, 3.63) is 17.1 Å². The van der Waals surface area contributed by atoms with E-state index in [9.17, 15) is 18.0 Å². The Morgan fingerprint density at radius 1 is 1.32 bits per heavy atom. The Bertz CT molecular complexity index is 589. The van der Waals surface area contributed by atoms with E-state index < -0.39 is 5.51 Å². The van der Waals surface area contributed by atoms with Gasteiger partial charge in [0.05, 0.1) is 0 Å². The number of rotatable bonds is 5. The summed E-state index contributed by atoms with van der Waals surface area (Å²) in [6.07, 6.45) is 2.56. The van der Waals surface area contributed by atoms with Crippen LogP contribution in [0.5, 0.6) is 0 Å². The third-order valence-electron chi connectivity index (χ3n) is 3.50. The summed E-state index contributed by atoms with van der Waals surface area (Å²) in [6.45, 7) is 0.628. The maximum atomic E-state index is 12.1. The number of amides is 1. The maximum Gasteiger partial charge on any atom is 0.441 e. The second kappa shape index (κ2) is 5.94. The van der Waals surface area contributed by atoms with E-state index in [1.165, 1.54) is 0 Å². The number of nitrogens with zero attached hydrogens (tertiary/aromatic N) is 2. The van der Waals surface area contributed by atoms with Crippen LogP contribution in [0.3, 0.4) is 0 Å². The summed E-state index contributed by atoms with van der Waals surface area (Å²) in [4.78, 5) is 20.7. The molecule has 9 heteroatoms. The fourth-order valence-corrected chi connectivity index (χ4v) is 2.75. The fourth-order valence-electron chi connectivity index (χ4n) is 2.32. The zero-order valence-electron chi connectivity index (χ0n) is 11.7. The van der Waals surface area contributed by atoms with Crippen LogP contribution in [0.15, 0.2) is 0 Å². The van der Waals surface area contributed by atoms with Crippen LogP contribution in [-0.4, -0.2) is 40.2 Å². The third-order valence-corrected chi connectivity index (χ3v) is 4.24. The van der Waals surface area contributed by atoms with Gasteiger partial charge < -0.3 is 10.6 Å². The number of anilines is 1. The molecule has 2 heterocycles. The molecule has 5 nitrogen and oxygen atoms in total. The Morgan fingerprint density at radius 3 is 2.77 bits per heavy atom. The van der Waals surface area contributed by atoms with Crippen molar-refractivity contribution in [1.29, 1.82) is 0 Å². The smallest absolute Gasteiger partial charge is 0.369 e. The summed E-state index contributed by atoms with van der Waals surface area (Å²) in [7, 11) is 0. The number of halogens is 3. The van der Waals surface area contributed by atoms with Gasteiger partial charge in [-0.3, -0.25) is 4.79 Å². The number of nitrogens with one attached hydrogen (secondary N) is 2. The lowest BCUT2D eigenvalue weighted by molar-refractivity contribution is -0.0327. The number of fused-ring (bicyclic) bond motifs is 1. The van der Waals surface area contributed by atoms with Gasteiger partial charge in [0.25, 0.3) is 5.91 Å². The van der Waals surface area contributed by atoms with Crippen molar-refractivity contribution in [2.45, 2.75) is 30.7 Å². The molecule has 0 radical (unpaired) electrons. The van der Waals surface area contributed by atoms with Gasteiger partial charge in [-0.1, -0.05) is 0 Å². The minimum atomic E-state index is -4.23. The van der Waals surface area contributed by atoms with Crippen LogP contribution >= 0.6 is 11.8 Å². The zero-order valence-corrected chi connectivity index (χ0v) is 12.5. The molecule has 0 saturated heterocycles. The predicted molar refractivity (Wildman–Crippen MR) is 77.0 cm³/mol. The van der Waals surface area contributed by atoms with E-state index in [1.54, 1.807) is 0 Å². The molecule has 3 rings (SSSR count). The molecule has 0 spiro atoms. The first kappa shape index (κ1) is 15.4. The SMILES string of the molecule is O=C1NCCc2c(NCCSC(F)(F)F)nc(C3CC3)nc21. The van der Waals surface area contributed by atoms with Gasteiger partial charge in [-0.15, -0.1) is 0 Å². The number of hydrogen-bond donors (Lipinski definition) is 2. The summed E-state index contributed by atoms with van der Waals surface area (Å²) in [5.41, 5.74) is -3.18. The molecular weight excluding hydrogens is 317 g/mol. The van der Waals surface area contributed by atoms with Gasteiger partial charge in [0.1, 0.15) is 17.3 Å². The molecule has 0 atom stereocenters. The normalized spacial score (nSPS) is 17.9. The third kappa shape index (κ3) is 3.63. The van der Waals surface area contributed by atoms with E-state index in [1.807, 2.05) is 0 Å². The van der Waals surface area contributed by atoms with Crippen LogP contribution in [0.25, 0.3) is 0 Å². The molecule has 0 unspecified atom stereocenters. The molecule has 1 fully saturated rings. The zero-order chi connectivity index (χ0) is 15.7. The van der Waals surface area contributed by atoms with E-state index >= 15 is 0 Å². The molecule has 2 N–H and O–H groups in total. The van der Waals surface area contributed by atoms with Crippen LogP contribution in [0.4, 0.5) is 19.0 Å². The van der Waals surface area contributed by atoms with Crippen LogP contribution in [0.1, 0.15) is 40.6 Å². The summed E-state index contributed by atoms with van der Waals surface area (Å²) >= 11 is -0.0716. The van der Waals surface area contributed by atoms with Gasteiger partial charge in [-0.2, -0.15) is 13.2 Å². The van der Waals surface area contributed by atoms with Gasteiger partial charge in [-0.05, 0) is 31.0 Å². The number of alkyl halides is 3. The second-order valence-electron chi connectivity index (χ2n) is 5.26. The van der Waals surface area contributed by atoms with Crippen molar-refractivity contribution < 1.29 is 18.0 Å². The lowest BCUT2D eigenvalue weighted by Crippen LogP contribution is -2.34. The van der Waals surface area contributed by atoms with Crippen LogP contribution in [0.2, 0.25) is 0 Å². The molecule has 1 aliphatic heterocycles. The highest BCUT2D eigenvalue weighted by Gasteiger charge is 2.31. The van der Waals surface area contributed by atoms with Crippen molar-refractivity contribution >= 4 is 23.5 Å². The lowest BCUT2D eigenvalue weighted by atomic mass is 10.1. The van der Waals surface area contributed by atoms with Gasteiger partial charge in [0, 0.05) is 30.3 Å². The van der Waals surface area contributed by atoms with E-state index in [2.05, 4.69) is 20.6 Å². The van der Waals surface area contributed by atoms with E-state index in [0.717, 1.165) is 12.8 Å². The topological polar surface area (TPSA) is 66.9 Å². The highest BCUT2D eigenvalue weighted by molar-refractivity contribution is 8.00. The highest BCUT2D eigenvalue weighted by Crippen LogP contribution is 2.39. The average molecular weight is 332 g/mol. The fraction of sp³-hybridized carbons (Fsp3) is 0.615. The first-order valence-electron chi connectivity index (χ1n) is 7.07. The summed E-state index contributed by atoms with van der Waals surface area (Å²) in [5.74, 6) is 1.04. The van der Waals surface area contributed by atoms with Gasteiger partial charge in [0.15, 0.2) is 0 Å². The van der Waals surface area contributed by atoms with Gasteiger partial charge in [0.2, 0.25) is 0 Å². The highest BCUT2D eigenvalue weighted by atomic mass is 32.2. The monoisotopic (exact) mass is 332 g/mol. The van der Waals surface area contributed by atoms with E-state index in [4.69, 9.17) is 0 Å². The Hall–Kier alpha value is -1.51. The molecule has 1 aromatic rings. The second-order valence-corrected chi connectivity index (χ2v) is 6.42. The Balaban J connectivity index is 1.75. The Kier molecular flexibility index (Phi) is 4.16. The van der Waals surface area contributed by atoms with Crippen molar-refractivity contribution in [3.8, 4) is 0 Å². The molecule has 1 aromatic heterocycles. The maximum absolute atomic E-state index is 12.1. The molecule has 120 valence electrons. The quantitative estimate of drug-likeness (QED) is 0.810. The number of aromatic nitrogens is 2. The summed E-state index contributed by atoms with van der Waals surface area (Å²) in [6, 6.07) is 0. The molecular formula is C13H15F3N4OS. The van der Waals surface area contributed by atoms with Crippen molar-refractivity contribution in [1.82, 2.24) is 15.3 Å². The van der Waals surface area contributed by atoms with E-state index in [0.29, 0.717) is 35.9 Å². The Labute approximate surface area is 129 Å². The van der Waals surface area contributed by atoms with Crippen molar-refractivity contribution in [3.63, 3.8) is 0 Å². The Morgan fingerprint density at radius 2 is 2.09 bits per heavy atom. The average Bonchev–Trinajstić information content (AvgIpc) is 3.27. The molecule has 0 bridgehead atoms.